The molecule has 1 aromatic carbocycles. The van der Waals surface area contributed by atoms with Crippen molar-refractivity contribution in [1.29, 1.82) is 0 Å². The summed E-state index contributed by atoms with van der Waals surface area (Å²) in [7, 11) is 0. The van der Waals surface area contributed by atoms with Gasteiger partial charge in [-0.25, -0.2) is 0 Å². The summed E-state index contributed by atoms with van der Waals surface area (Å²) in [5, 5.41) is 0.707. The standard InChI is InChI=1S/C14H19ClO2/c1-4-17-14-8-7-12(15)9-13(14)10(2)5-6-11(3)16/h7-10H,4-6H2,1-3H3. The molecule has 0 saturated heterocycles. The van der Waals surface area contributed by atoms with Crippen LogP contribution in [0.1, 0.15) is 45.1 Å². The average Bonchev–Trinajstić information content (AvgIpc) is 2.28. The van der Waals surface area contributed by atoms with Gasteiger partial charge >= 0.3 is 0 Å². The van der Waals surface area contributed by atoms with E-state index in [1.54, 1.807) is 6.92 Å². The van der Waals surface area contributed by atoms with Crippen molar-refractivity contribution in [1.82, 2.24) is 0 Å². The molecule has 0 N–H and O–H groups in total. The lowest BCUT2D eigenvalue weighted by molar-refractivity contribution is -0.117. The predicted octanol–water partition coefficient (Wildman–Crippen LogP) is 4.21. The molecule has 1 atom stereocenters. The van der Waals surface area contributed by atoms with Gasteiger partial charge in [-0.05, 0) is 49.9 Å². The first-order valence-corrected chi connectivity index (χ1v) is 6.34. The molecule has 0 heterocycles. The molecule has 0 bridgehead atoms. The van der Waals surface area contributed by atoms with Gasteiger partial charge in [0.2, 0.25) is 0 Å². The zero-order chi connectivity index (χ0) is 12.8. The third-order valence-corrected chi connectivity index (χ3v) is 2.97. The van der Waals surface area contributed by atoms with Crippen LogP contribution < -0.4 is 4.74 Å². The van der Waals surface area contributed by atoms with Crippen LogP contribution in [0, 0.1) is 0 Å². The lowest BCUT2D eigenvalue weighted by Crippen LogP contribution is -2.02. The van der Waals surface area contributed by atoms with Gasteiger partial charge in [0.15, 0.2) is 0 Å². The highest BCUT2D eigenvalue weighted by Crippen LogP contribution is 2.32. The third-order valence-electron chi connectivity index (χ3n) is 2.73. The summed E-state index contributed by atoms with van der Waals surface area (Å²) in [4.78, 5) is 11.0. The lowest BCUT2D eigenvalue weighted by Gasteiger charge is -2.16. The van der Waals surface area contributed by atoms with Gasteiger partial charge in [-0.1, -0.05) is 18.5 Å². The summed E-state index contributed by atoms with van der Waals surface area (Å²) in [6.07, 6.45) is 1.43. The minimum absolute atomic E-state index is 0.219. The zero-order valence-electron chi connectivity index (χ0n) is 10.6. The lowest BCUT2D eigenvalue weighted by atomic mass is 9.94. The van der Waals surface area contributed by atoms with Crippen molar-refractivity contribution in [2.45, 2.75) is 39.5 Å². The Morgan fingerprint density at radius 1 is 1.47 bits per heavy atom. The van der Waals surface area contributed by atoms with E-state index in [4.69, 9.17) is 16.3 Å². The van der Waals surface area contributed by atoms with E-state index in [1.165, 1.54) is 0 Å². The summed E-state index contributed by atoms with van der Waals surface area (Å²) in [6, 6.07) is 5.65. The average molecular weight is 255 g/mol. The fourth-order valence-electron chi connectivity index (χ4n) is 1.77. The van der Waals surface area contributed by atoms with Crippen molar-refractivity contribution < 1.29 is 9.53 Å². The SMILES string of the molecule is CCOc1ccc(Cl)cc1C(C)CCC(C)=O. The smallest absolute Gasteiger partial charge is 0.129 e. The van der Waals surface area contributed by atoms with Crippen molar-refractivity contribution in [3.63, 3.8) is 0 Å². The molecule has 2 nitrogen and oxygen atoms in total. The van der Waals surface area contributed by atoms with Crippen molar-refractivity contribution in [3.8, 4) is 5.75 Å². The number of rotatable bonds is 6. The predicted molar refractivity (Wildman–Crippen MR) is 71.0 cm³/mol. The van der Waals surface area contributed by atoms with Crippen LogP contribution in [-0.4, -0.2) is 12.4 Å². The molecular formula is C14H19ClO2. The van der Waals surface area contributed by atoms with E-state index in [0.29, 0.717) is 18.1 Å². The van der Waals surface area contributed by atoms with Crippen LogP contribution in [-0.2, 0) is 4.79 Å². The fraction of sp³-hybridized carbons (Fsp3) is 0.500. The Labute approximate surface area is 108 Å². The Bertz CT molecular complexity index is 388. The molecule has 1 unspecified atom stereocenters. The highest BCUT2D eigenvalue weighted by molar-refractivity contribution is 6.30. The maximum Gasteiger partial charge on any atom is 0.129 e. The van der Waals surface area contributed by atoms with E-state index < -0.39 is 0 Å². The van der Waals surface area contributed by atoms with Gasteiger partial charge in [-0.3, -0.25) is 0 Å². The van der Waals surface area contributed by atoms with Crippen LogP contribution >= 0.6 is 11.6 Å². The molecule has 0 aliphatic heterocycles. The van der Waals surface area contributed by atoms with Crippen molar-refractivity contribution >= 4 is 17.4 Å². The summed E-state index contributed by atoms with van der Waals surface area (Å²) < 4.78 is 5.58. The number of carbonyl (C=O) groups is 1. The van der Waals surface area contributed by atoms with E-state index in [-0.39, 0.29) is 11.7 Å². The van der Waals surface area contributed by atoms with Crippen LogP contribution in [0.5, 0.6) is 5.75 Å². The monoisotopic (exact) mass is 254 g/mol. The third kappa shape index (κ3) is 4.39. The fourth-order valence-corrected chi connectivity index (χ4v) is 1.95. The van der Waals surface area contributed by atoms with E-state index in [0.717, 1.165) is 17.7 Å². The highest BCUT2D eigenvalue weighted by atomic mass is 35.5. The molecule has 0 spiro atoms. The number of hydrogen-bond acceptors (Lipinski definition) is 2. The number of hydrogen-bond donors (Lipinski definition) is 0. The molecule has 1 aromatic rings. The van der Waals surface area contributed by atoms with E-state index in [9.17, 15) is 4.79 Å². The minimum Gasteiger partial charge on any atom is -0.494 e. The number of halogens is 1. The number of ketones is 1. The van der Waals surface area contributed by atoms with Gasteiger partial charge < -0.3 is 9.53 Å². The molecule has 94 valence electrons. The number of carbonyl (C=O) groups excluding carboxylic acids is 1. The Hall–Kier alpha value is -1.02. The quantitative estimate of drug-likeness (QED) is 0.760. The van der Waals surface area contributed by atoms with Crippen molar-refractivity contribution in [2.24, 2.45) is 0 Å². The topological polar surface area (TPSA) is 26.3 Å². The Morgan fingerprint density at radius 2 is 2.18 bits per heavy atom. The molecule has 1 rings (SSSR count). The van der Waals surface area contributed by atoms with Crippen LogP contribution in [0.15, 0.2) is 18.2 Å². The second-order valence-corrected chi connectivity index (χ2v) is 4.69. The largest absolute Gasteiger partial charge is 0.494 e. The molecule has 0 amide bonds. The van der Waals surface area contributed by atoms with Crippen LogP contribution in [0.25, 0.3) is 0 Å². The summed E-state index contributed by atoms with van der Waals surface area (Å²) in [5.41, 5.74) is 1.08. The maximum atomic E-state index is 11.0. The number of Topliss-reactive ketones (excluding diaryl/α,β-unsaturated/α-hetero) is 1. The molecule has 0 radical (unpaired) electrons. The number of ether oxygens (including phenoxy) is 1. The van der Waals surface area contributed by atoms with Gasteiger partial charge in [-0.2, -0.15) is 0 Å². The number of benzene rings is 1. The van der Waals surface area contributed by atoms with Gasteiger partial charge in [0.25, 0.3) is 0 Å². The molecule has 0 aliphatic rings. The minimum atomic E-state index is 0.219. The molecule has 17 heavy (non-hydrogen) atoms. The van der Waals surface area contributed by atoms with E-state index >= 15 is 0 Å². The zero-order valence-corrected chi connectivity index (χ0v) is 11.4. The first kappa shape index (κ1) is 14.0. The molecule has 0 aromatic heterocycles. The first-order valence-electron chi connectivity index (χ1n) is 5.96. The second-order valence-electron chi connectivity index (χ2n) is 4.26. The summed E-state index contributed by atoms with van der Waals surface area (Å²) in [5.74, 6) is 1.36. The Morgan fingerprint density at radius 3 is 2.76 bits per heavy atom. The van der Waals surface area contributed by atoms with E-state index in [1.807, 2.05) is 25.1 Å². The van der Waals surface area contributed by atoms with Gasteiger partial charge in [0, 0.05) is 11.4 Å². The van der Waals surface area contributed by atoms with E-state index in [2.05, 4.69) is 6.92 Å². The van der Waals surface area contributed by atoms with Gasteiger partial charge in [0.05, 0.1) is 6.61 Å². The normalized spacial score (nSPS) is 12.2. The van der Waals surface area contributed by atoms with Crippen LogP contribution in [0.3, 0.4) is 0 Å². The first-order chi connectivity index (χ1) is 8.04. The van der Waals surface area contributed by atoms with Gasteiger partial charge in [0.1, 0.15) is 11.5 Å². The summed E-state index contributed by atoms with van der Waals surface area (Å²) >= 11 is 6.00. The van der Waals surface area contributed by atoms with Crippen LogP contribution in [0.2, 0.25) is 5.02 Å². The second kappa shape index (κ2) is 6.65. The van der Waals surface area contributed by atoms with Crippen molar-refractivity contribution in [2.75, 3.05) is 6.61 Å². The molecule has 0 saturated carbocycles. The van der Waals surface area contributed by atoms with Crippen LogP contribution in [0.4, 0.5) is 0 Å². The Kier molecular flexibility index (Phi) is 5.49. The molecule has 3 heteroatoms. The summed E-state index contributed by atoms with van der Waals surface area (Å²) in [6.45, 7) is 6.30. The maximum absolute atomic E-state index is 11.0. The van der Waals surface area contributed by atoms with Crippen molar-refractivity contribution in [3.05, 3.63) is 28.8 Å². The molecule has 0 fully saturated rings. The van der Waals surface area contributed by atoms with Gasteiger partial charge in [-0.15, -0.1) is 0 Å². The Balaban J connectivity index is 2.85. The molecule has 0 aliphatic carbocycles. The molecular weight excluding hydrogens is 236 g/mol. The highest BCUT2D eigenvalue weighted by Gasteiger charge is 2.13.